The highest BCUT2D eigenvalue weighted by Crippen LogP contribution is 2.15. The predicted octanol–water partition coefficient (Wildman–Crippen LogP) is 3.17. The first-order chi connectivity index (χ1) is 7.70. The molecule has 0 heterocycles. The molecule has 3 heteroatoms. The molecule has 0 saturated carbocycles. The molecule has 1 N–H and O–H groups in total. The zero-order chi connectivity index (χ0) is 12.2. The van der Waals surface area contributed by atoms with Crippen LogP contribution in [0.2, 0.25) is 0 Å². The van der Waals surface area contributed by atoms with Crippen LogP contribution in [0.15, 0.2) is 0 Å². The minimum Gasteiger partial charge on any atom is -0.382 e. The van der Waals surface area contributed by atoms with E-state index in [2.05, 4.69) is 37.8 Å². The van der Waals surface area contributed by atoms with Gasteiger partial charge in [0.2, 0.25) is 0 Å². The zero-order valence-electron chi connectivity index (χ0n) is 11.4. The second kappa shape index (κ2) is 11.7. The van der Waals surface area contributed by atoms with Crippen molar-refractivity contribution in [2.75, 3.05) is 32.1 Å². The molecule has 0 rings (SSSR count). The number of hydrogen-bond acceptors (Lipinski definition) is 3. The van der Waals surface area contributed by atoms with Gasteiger partial charge in [-0.3, -0.25) is 0 Å². The molecular formula is C13H29NOS. The molecule has 16 heavy (non-hydrogen) atoms. The van der Waals surface area contributed by atoms with E-state index in [0.717, 1.165) is 43.9 Å². The van der Waals surface area contributed by atoms with Gasteiger partial charge >= 0.3 is 0 Å². The van der Waals surface area contributed by atoms with Gasteiger partial charge in [-0.15, -0.1) is 0 Å². The van der Waals surface area contributed by atoms with Crippen molar-refractivity contribution in [3.05, 3.63) is 0 Å². The van der Waals surface area contributed by atoms with Crippen molar-refractivity contribution in [2.45, 2.75) is 45.8 Å². The Morgan fingerprint density at radius 1 is 1.25 bits per heavy atom. The molecule has 0 saturated heterocycles. The van der Waals surface area contributed by atoms with Gasteiger partial charge in [-0.05, 0) is 31.6 Å². The van der Waals surface area contributed by atoms with Gasteiger partial charge in [0.1, 0.15) is 0 Å². The maximum Gasteiger partial charge on any atom is 0.0477 e. The Balaban J connectivity index is 3.20. The van der Waals surface area contributed by atoms with E-state index in [0.29, 0.717) is 0 Å². The molecule has 0 aliphatic heterocycles. The number of ether oxygens (including phenoxy) is 1. The van der Waals surface area contributed by atoms with Crippen LogP contribution in [0.3, 0.4) is 0 Å². The minimum absolute atomic E-state index is 0.723. The Hall–Kier alpha value is 0.270. The van der Waals surface area contributed by atoms with Crippen LogP contribution >= 0.6 is 11.8 Å². The lowest BCUT2D eigenvalue weighted by Crippen LogP contribution is -2.25. The summed E-state index contributed by atoms with van der Waals surface area (Å²) in [6.45, 7) is 12.9. The Bertz CT molecular complexity index is 144. The molecular weight excluding hydrogens is 218 g/mol. The van der Waals surface area contributed by atoms with Gasteiger partial charge in [-0.2, -0.15) is 11.8 Å². The lowest BCUT2D eigenvalue weighted by atomic mass is 10.2. The van der Waals surface area contributed by atoms with E-state index in [1.807, 2.05) is 6.92 Å². The Morgan fingerprint density at radius 3 is 2.62 bits per heavy atom. The summed E-state index contributed by atoms with van der Waals surface area (Å²) in [4.78, 5) is 0. The van der Waals surface area contributed by atoms with Gasteiger partial charge in [0.05, 0.1) is 0 Å². The Labute approximate surface area is 106 Å². The molecule has 2 atom stereocenters. The molecule has 0 fully saturated rings. The molecule has 0 aliphatic carbocycles. The summed E-state index contributed by atoms with van der Waals surface area (Å²) in [5, 5.41) is 4.21. The third-order valence-corrected chi connectivity index (χ3v) is 4.14. The predicted molar refractivity (Wildman–Crippen MR) is 75.4 cm³/mol. The maximum atomic E-state index is 5.29. The molecule has 0 aromatic rings. The molecule has 0 spiro atoms. The summed E-state index contributed by atoms with van der Waals surface area (Å²) < 4.78 is 5.29. The van der Waals surface area contributed by atoms with E-state index in [9.17, 15) is 0 Å². The fraction of sp³-hybridized carbons (Fsp3) is 1.00. The zero-order valence-corrected chi connectivity index (χ0v) is 12.2. The summed E-state index contributed by atoms with van der Waals surface area (Å²) in [5.41, 5.74) is 0. The minimum atomic E-state index is 0.723. The van der Waals surface area contributed by atoms with Crippen LogP contribution in [-0.4, -0.2) is 37.3 Å². The third-order valence-electron chi connectivity index (χ3n) is 2.64. The summed E-state index contributed by atoms with van der Waals surface area (Å²) in [6.07, 6.45) is 2.41. The van der Waals surface area contributed by atoms with Crippen LogP contribution in [0, 0.1) is 5.92 Å². The number of rotatable bonds is 11. The van der Waals surface area contributed by atoms with Gasteiger partial charge in [0.25, 0.3) is 0 Å². The van der Waals surface area contributed by atoms with Gasteiger partial charge in [-0.25, -0.2) is 0 Å². The summed E-state index contributed by atoms with van der Waals surface area (Å²) in [7, 11) is 0. The van der Waals surface area contributed by atoms with Gasteiger partial charge in [0, 0.05) is 25.0 Å². The van der Waals surface area contributed by atoms with Gasteiger partial charge < -0.3 is 10.1 Å². The van der Waals surface area contributed by atoms with Crippen LogP contribution in [0.4, 0.5) is 0 Å². The van der Waals surface area contributed by atoms with E-state index in [1.165, 1.54) is 12.2 Å². The maximum absolute atomic E-state index is 5.29. The smallest absolute Gasteiger partial charge is 0.0477 e. The van der Waals surface area contributed by atoms with Crippen molar-refractivity contribution in [1.82, 2.24) is 5.32 Å². The summed E-state index contributed by atoms with van der Waals surface area (Å²) in [5.74, 6) is 2.14. The first-order valence-corrected chi connectivity index (χ1v) is 7.65. The molecule has 0 aromatic heterocycles. The molecule has 0 radical (unpaired) electrons. The highest BCUT2D eigenvalue weighted by atomic mass is 32.2. The normalized spacial score (nSPS) is 15.0. The second-order valence-electron chi connectivity index (χ2n) is 4.41. The largest absolute Gasteiger partial charge is 0.382 e. The molecule has 0 aromatic carbocycles. The second-order valence-corrected chi connectivity index (χ2v) is 5.88. The highest BCUT2D eigenvalue weighted by molar-refractivity contribution is 7.99. The van der Waals surface area contributed by atoms with Crippen molar-refractivity contribution < 1.29 is 4.74 Å². The first-order valence-electron chi connectivity index (χ1n) is 6.60. The lowest BCUT2D eigenvalue weighted by molar-refractivity contribution is 0.145. The SMILES string of the molecule is CCOCCCNCC(C)SCC(C)CC. The number of hydrogen-bond donors (Lipinski definition) is 1. The van der Waals surface area contributed by atoms with Crippen LogP contribution in [0.25, 0.3) is 0 Å². The standard InChI is InChI=1S/C13H29NOS/c1-5-12(3)11-16-13(4)10-14-8-7-9-15-6-2/h12-14H,5-11H2,1-4H3. The quantitative estimate of drug-likeness (QED) is 0.567. The van der Waals surface area contributed by atoms with E-state index in [4.69, 9.17) is 4.74 Å². The highest BCUT2D eigenvalue weighted by Gasteiger charge is 2.04. The van der Waals surface area contributed by atoms with Crippen LogP contribution in [0.5, 0.6) is 0 Å². The fourth-order valence-corrected chi connectivity index (χ4v) is 2.38. The van der Waals surface area contributed by atoms with Crippen LogP contribution < -0.4 is 5.32 Å². The average molecular weight is 247 g/mol. The van der Waals surface area contributed by atoms with Crippen molar-refractivity contribution in [3.63, 3.8) is 0 Å². The number of thioether (sulfide) groups is 1. The molecule has 2 unspecified atom stereocenters. The summed E-state index contributed by atoms with van der Waals surface area (Å²) >= 11 is 2.08. The molecule has 98 valence electrons. The summed E-state index contributed by atoms with van der Waals surface area (Å²) in [6, 6.07) is 0. The Morgan fingerprint density at radius 2 is 2.00 bits per heavy atom. The van der Waals surface area contributed by atoms with E-state index in [-0.39, 0.29) is 0 Å². The van der Waals surface area contributed by atoms with E-state index < -0.39 is 0 Å². The topological polar surface area (TPSA) is 21.3 Å². The average Bonchev–Trinajstić information content (AvgIpc) is 2.30. The molecule has 0 aliphatic rings. The van der Waals surface area contributed by atoms with Gasteiger partial charge in [-0.1, -0.05) is 27.2 Å². The molecule has 0 amide bonds. The number of nitrogens with one attached hydrogen (secondary N) is 1. The van der Waals surface area contributed by atoms with Crippen molar-refractivity contribution in [2.24, 2.45) is 5.92 Å². The third kappa shape index (κ3) is 10.8. The Kier molecular flexibility index (Phi) is 11.9. The van der Waals surface area contributed by atoms with Crippen LogP contribution in [0.1, 0.15) is 40.5 Å². The molecule has 2 nitrogen and oxygen atoms in total. The van der Waals surface area contributed by atoms with Crippen molar-refractivity contribution >= 4 is 11.8 Å². The molecule has 0 bridgehead atoms. The van der Waals surface area contributed by atoms with Crippen LogP contribution in [-0.2, 0) is 4.74 Å². The lowest BCUT2D eigenvalue weighted by Gasteiger charge is -2.14. The fourth-order valence-electron chi connectivity index (χ4n) is 1.25. The van der Waals surface area contributed by atoms with Gasteiger partial charge in [0.15, 0.2) is 0 Å². The monoisotopic (exact) mass is 247 g/mol. The van der Waals surface area contributed by atoms with E-state index >= 15 is 0 Å². The first kappa shape index (κ1) is 16.3. The van der Waals surface area contributed by atoms with Crippen molar-refractivity contribution in [3.8, 4) is 0 Å². The van der Waals surface area contributed by atoms with Crippen molar-refractivity contribution in [1.29, 1.82) is 0 Å². The van der Waals surface area contributed by atoms with E-state index in [1.54, 1.807) is 0 Å².